The van der Waals surface area contributed by atoms with Crippen LogP contribution in [0.25, 0.3) is 0 Å². The quantitative estimate of drug-likeness (QED) is 0.372. The molecule has 1 aromatic carbocycles. The first-order valence-electron chi connectivity index (χ1n) is 9.01. The minimum absolute atomic E-state index is 0.567. The molecule has 3 nitrogen and oxygen atoms in total. The first-order chi connectivity index (χ1) is 13.2. The Kier molecular flexibility index (Phi) is 9.08. The Morgan fingerprint density at radius 1 is 1.00 bits per heavy atom. The minimum atomic E-state index is -4.27. The molecule has 2 aromatic rings. The molecule has 0 unspecified atom stereocenters. The van der Waals surface area contributed by atoms with Gasteiger partial charge in [0.15, 0.2) is 16.6 Å². The maximum absolute atomic E-state index is 12.4. The van der Waals surface area contributed by atoms with Gasteiger partial charge in [-0.1, -0.05) is 11.4 Å². The van der Waals surface area contributed by atoms with E-state index in [1.54, 1.807) is 0 Å². The van der Waals surface area contributed by atoms with Gasteiger partial charge in [-0.2, -0.15) is 0 Å². The van der Waals surface area contributed by atoms with Crippen LogP contribution in [0.3, 0.4) is 0 Å². The molecule has 2 rings (SSSR count). The van der Waals surface area contributed by atoms with Crippen molar-refractivity contribution < 1.29 is 36.6 Å². The van der Waals surface area contributed by atoms with Crippen LogP contribution in [0.1, 0.15) is 11.1 Å². The summed E-state index contributed by atoms with van der Waals surface area (Å²) >= 11 is 2.18. The molecule has 0 atom stereocenters. The first-order valence-corrected chi connectivity index (χ1v) is 16.1. The number of aryl methyl sites for hydroxylation is 1. The maximum atomic E-state index is 12.4. The fourth-order valence-corrected chi connectivity index (χ4v) is 8.98. The molecule has 0 fully saturated rings. The Labute approximate surface area is 184 Å². The Bertz CT molecular complexity index is 866. The van der Waals surface area contributed by atoms with Crippen LogP contribution in [0.15, 0.2) is 61.2 Å². The number of rotatable bonds is 6. The van der Waals surface area contributed by atoms with Crippen molar-refractivity contribution in [3.63, 3.8) is 0 Å². The summed E-state index contributed by atoms with van der Waals surface area (Å²) in [7, 11) is -1.24. The molecule has 9 heteroatoms. The van der Waals surface area contributed by atoms with Gasteiger partial charge in [-0.15, -0.1) is 13.2 Å². The van der Waals surface area contributed by atoms with Crippen LogP contribution < -0.4 is 0 Å². The molecule has 29 heavy (non-hydrogen) atoms. The van der Waals surface area contributed by atoms with Gasteiger partial charge in [0.1, 0.15) is 0 Å². The van der Waals surface area contributed by atoms with Crippen molar-refractivity contribution in [1.82, 2.24) is 9.13 Å². The monoisotopic (exact) mass is 621 g/mol. The number of hydrogen-bond donors (Lipinski definition) is 0. The fourth-order valence-electron chi connectivity index (χ4n) is 2.37. The van der Waals surface area contributed by atoms with Gasteiger partial charge in [0.2, 0.25) is 0 Å². The van der Waals surface area contributed by atoms with Crippen molar-refractivity contribution in [2.45, 2.75) is 38.9 Å². The van der Waals surface area contributed by atoms with Crippen molar-refractivity contribution in [3.05, 3.63) is 76.1 Å². The zero-order chi connectivity index (χ0) is 22.5. The normalized spacial score (nSPS) is 12.2. The van der Waals surface area contributed by atoms with E-state index in [2.05, 4.69) is 58.7 Å². The Morgan fingerprint density at radius 2 is 1.48 bits per heavy atom. The Hall–Kier alpha value is -1.22. The zero-order valence-electron chi connectivity index (χ0n) is 17.5. The SMILES string of the molecule is C=C[Si](C)(C)O[Si](C)(C)C=C.Cn1ccn(Cc2ccc(C(F)(F)F)cc2)[c]1=[Pt]. The van der Waals surface area contributed by atoms with Gasteiger partial charge in [0.05, 0.1) is 0 Å². The van der Waals surface area contributed by atoms with Crippen molar-refractivity contribution in [3.8, 4) is 0 Å². The molecule has 1 aromatic heterocycles. The van der Waals surface area contributed by atoms with Gasteiger partial charge in [0.25, 0.3) is 0 Å². The van der Waals surface area contributed by atoms with E-state index in [4.69, 9.17) is 4.12 Å². The molecule has 164 valence electrons. The van der Waals surface area contributed by atoms with E-state index < -0.39 is 28.4 Å². The predicted molar refractivity (Wildman–Crippen MR) is 114 cm³/mol. The molecular weight excluding hydrogens is 592 g/mol. The summed E-state index contributed by atoms with van der Waals surface area (Å²) in [6, 6.07) is 5.26. The third kappa shape index (κ3) is 8.58. The number of benzene rings is 1. The molecule has 0 aliphatic carbocycles. The number of imidazole rings is 1. The van der Waals surface area contributed by atoms with Crippen LogP contribution in [0.4, 0.5) is 13.2 Å². The molecule has 0 radical (unpaired) electrons. The third-order valence-electron chi connectivity index (χ3n) is 4.10. The van der Waals surface area contributed by atoms with Gasteiger partial charge in [-0.3, -0.25) is 0 Å². The van der Waals surface area contributed by atoms with Gasteiger partial charge in [-0.05, 0) is 26.2 Å². The van der Waals surface area contributed by atoms with Crippen molar-refractivity contribution in [2.75, 3.05) is 0 Å². The predicted octanol–water partition coefficient (Wildman–Crippen LogP) is 5.84. The number of hydrogen-bond acceptors (Lipinski definition) is 1. The van der Waals surface area contributed by atoms with Crippen LogP contribution in [0.5, 0.6) is 0 Å². The van der Waals surface area contributed by atoms with E-state index in [1.165, 1.54) is 12.1 Å². The topological polar surface area (TPSA) is 19.1 Å². The summed E-state index contributed by atoms with van der Waals surface area (Å²) in [6.45, 7) is 16.7. The van der Waals surface area contributed by atoms with Crippen molar-refractivity contribution in [2.24, 2.45) is 7.05 Å². The van der Waals surface area contributed by atoms with E-state index in [1.807, 2.05) is 40.0 Å². The number of nitrogens with zero attached hydrogens (tertiary/aromatic N) is 2. The molecule has 1 heterocycles. The molecule has 0 bridgehead atoms. The molecular formula is C20H29F3N2OPtSi2. The van der Waals surface area contributed by atoms with Crippen LogP contribution in [0, 0.1) is 3.80 Å². The van der Waals surface area contributed by atoms with E-state index in [0.29, 0.717) is 6.54 Å². The van der Waals surface area contributed by atoms with Crippen LogP contribution in [0.2, 0.25) is 26.2 Å². The van der Waals surface area contributed by atoms with Gasteiger partial charge >= 0.3 is 113 Å². The zero-order valence-corrected chi connectivity index (χ0v) is 21.8. The average Bonchev–Trinajstić information content (AvgIpc) is 2.93. The van der Waals surface area contributed by atoms with E-state index in [0.717, 1.165) is 21.5 Å². The summed E-state index contributed by atoms with van der Waals surface area (Å²) < 4.78 is 48.1. The van der Waals surface area contributed by atoms with Crippen LogP contribution >= 0.6 is 0 Å². The second-order valence-electron chi connectivity index (χ2n) is 7.69. The summed E-state index contributed by atoms with van der Waals surface area (Å²) in [6.07, 6.45) is -0.459. The number of halogens is 3. The third-order valence-corrected chi connectivity index (χ3v) is 11.7. The Balaban J connectivity index is 0.000000331. The average molecular weight is 622 g/mol. The van der Waals surface area contributed by atoms with Gasteiger partial charge < -0.3 is 4.12 Å². The molecule has 0 spiro atoms. The summed E-state index contributed by atoms with van der Waals surface area (Å²) in [4.78, 5) is 0. The molecule has 0 saturated heterocycles. The summed E-state index contributed by atoms with van der Waals surface area (Å²) in [5.74, 6) is 0. The molecule has 0 N–H and O–H groups in total. The summed E-state index contributed by atoms with van der Waals surface area (Å²) in [5, 5.41) is 0. The second-order valence-corrected chi connectivity index (χ2v) is 16.8. The molecule has 0 aliphatic rings. The second kappa shape index (κ2) is 10.2. The number of aromatic nitrogens is 2. The van der Waals surface area contributed by atoms with Crippen LogP contribution in [-0.2, 0) is 43.2 Å². The van der Waals surface area contributed by atoms with Crippen molar-refractivity contribution >= 4 is 16.6 Å². The fraction of sp³-hybridized carbons (Fsp3) is 0.350. The van der Waals surface area contributed by atoms with Gasteiger partial charge in [0, 0.05) is 0 Å². The van der Waals surface area contributed by atoms with Crippen molar-refractivity contribution in [1.29, 1.82) is 0 Å². The van der Waals surface area contributed by atoms with Gasteiger partial charge in [-0.25, -0.2) is 0 Å². The number of alkyl halides is 3. The molecule has 0 aliphatic heterocycles. The Morgan fingerprint density at radius 3 is 1.83 bits per heavy atom. The summed E-state index contributed by atoms with van der Waals surface area (Å²) in [5.41, 5.74) is 4.16. The van der Waals surface area contributed by atoms with E-state index in [-0.39, 0.29) is 0 Å². The first kappa shape index (κ1) is 25.8. The van der Waals surface area contributed by atoms with E-state index >= 15 is 0 Å². The van der Waals surface area contributed by atoms with Crippen LogP contribution in [-0.4, -0.2) is 25.8 Å². The molecule has 0 amide bonds. The van der Waals surface area contributed by atoms with E-state index in [9.17, 15) is 13.2 Å². The molecule has 0 saturated carbocycles. The standard InChI is InChI=1S/C12H11F3N2.C8H18OSi2.Pt/c1-16-6-7-17(9-16)8-10-2-4-11(5-3-10)12(13,14)15;1-7-10(3,4)9-11(5,6)8-2;/h2-7H,8H2,1H3;7-8H,1-2H2,3-6H3;.